The molecule has 2 heteroatoms. The average Bonchev–Trinajstić information content (AvgIpc) is 2.02. The van der Waals surface area contributed by atoms with Crippen LogP contribution in [0, 0.1) is 5.92 Å². The summed E-state index contributed by atoms with van der Waals surface area (Å²) in [5, 5.41) is 9.92. The van der Waals surface area contributed by atoms with Crippen LogP contribution < -0.4 is 0 Å². The number of fused-ring (bicyclic) bond motifs is 2. The minimum atomic E-state index is -0.603. The SMILES string of the molecule is CC1=CC[C@@H]2C[C@H]1OC[C@@]2(C)O. The standard InChI is InChI=1S/C10H16O2/c1-7-3-4-8-5-9(7)12-6-10(8,2)11/h3,8-9,11H,4-6H2,1-2H3/t8-,9-,10-/m1/s1. The van der Waals surface area contributed by atoms with Gasteiger partial charge < -0.3 is 9.84 Å². The molecule has 1 N–H and O–H groups in total. The van der Waals surface area contributed by atoms with E-state index in [0.29, 0.717) is 12.5 Å². The summed E-state index contributed by atoms with van der Waals surface area (Å²) in [6, 6.07) is 0. The van der Waals surface area contributed by atoms with Gasteiger partial charge in [-0.05, 0) is 38.2 Å². The molecule has 0 saturated carbocycles. The maximum absolute atomic E-state index is 9.92. The van der Waals surface area contributed by atoms with E-state index in [1.54, 1.807) is 0 Å². The van der Waals surface area contributed by atoms with E-state index >= 15 is 0 Å². The molecular formula is C10H16O2. The molecule has 0 aromatic rings. The zero-order valence-corrected chi connectivity index (χ0v) is 7.71. The van der Waals surface area contributed by atoms with Crippen LogP contribution in [0.3, 0.4) is 0 Å². The molecule has 0 aromatic carbocycles. The molecule has 2 rings (SSSR count). The smallest absolute Gasteiger partial charge is 0.0884 e. The third-order valence-corrected chi connectivity index (χ3v) is 3.19. The molecule has 0 amide bonds. The summed E-state index contributed by atoms with van der Waals surface area (Å²) in [4.78, 5) is 0. The average molecular weight is 168 g/mol. The van der Waals surface area contributed by atoms with E-state index in [9.17, 15) is 5.11 Å². The highest BCUT2D eigenvalue weighted by molar-refractivity contribution is 5.14. The van der Waals surface area contributed by atoms with Gasteiger partial charge in [-0.2, -0.15) is 0 Å². The Morgan fingerprint density at radius 1 is 1.67 bits per heavy atom. The topological polar surface area (TPSA) is 29.5 Å². The van der Waals surface area contributed by atoms with Gasteiger partial charge in [0.05, 0.1) is 18.3 Å². The number of ether oxygens (including phenoxy) is 1. The van der Waals surface area contributed by atoms with Gasteiger partial charge in [0.15, 0.2) is 0 Å². The van der Waals surface area contributed by atoms with E-state index in [4.69, 9.17) is 4.74 Å². The zero-order chi connectivity index (χ0) is 8.77. The monoisotopic (exact) mass is 168 g/mol. The molecule has 2 nitrogen and oxygen atoms in total. The van der Waals surface area contributed by atoms with Crippen molar-refractivity contribution < 1.29 is 9.84 Å². The fourth-order valence-electron chi connectivity index (χ4n) is 2.09. The summed E-state index contributed by atoms with van der Waals surface area (Å²) in [5.41, 5.74) is 0.731. The van der Waals surface area contributed by atoms with Gasteiger partial charge in [-0.3, -0.25) is 0 Å². The van der Waals surface area contributed by atoms with Gasteiger partial charge in [-0.1, -0.05) is 6.08 Å². The lowest BCUT2D eigenvalue weighted by atomic mass is 9.76. The van der Waals surface area contributed by atoms with E-state index in [1.807, 2.05) is 6.92 Å². The van der Waals surface area contributed by atoms with Crippen LogP contribution >= 0.6 is 0 Å². The number of rotatable bonds is 0. The normalized spacial score (nSPS) is 47.1. The lowest BCUT2D eigenvalue weighted by Crippen LogP contribution is -2.48. The zero-order valence-electron chi connectivity index (χ0n) is 7.71. The summed E-state index contributed by atoms with van der Waals surface area (Å²) < 4.78 is 5.56. The fraction of sp³-hybridized carbons (Fsp3) is 0.800. The molecule has 2 bridgehead atoms. The summed E-state index contributed by atoms with van der Waals surface area (Å²) in [5.74, 6) is 0.403. The lowest BCUT2D eigenvalue weighted by Gasteiger charge is -2.43. The minimum absolute atomic E-state index is 0.281. The number of hydrogen-bond donors (Lipinski definition) is 1. The molecule has 1 fully saturated rings. The second kappa shape index (κ2) is 2.57. The van der Waals surface area contributed by atoms with Crippen molar-refractivity contribution >= 4 is 0 Å². The Morgan fingerprint density at radius 3 is 3.17 bits per heavy atom. The third kappa shape index (κ3) is 1.19. The second-order valence-corrected chi connectivity index (χ2v) is 4.27. The molecule has 0 spiro atoms. The highest BCUT2D eigenvalue weighted by Gasteiger charge is 2.40. The molecule has 3 atom stereocenters. The maximum atomic E-state index is 9.92. The highest BCUT2D eigenvalue weighted by Crippen LogP contribution is 2.38. The Hall–Kier alpha value is -0.340. The Kier molecular flexibility index (Phi) is 1.77. The Balaban J connectivity index is 2.20. The van der Waals surface area contributed by atoms with Gasteiger partial charge in [0.2, 0.25) is 0 Å². The molecule has 12 heavy (non-hydrogen) atoms. The van der Waals surface area contributed by atoms with Gasteiger partial charge in [0.1, 0.15) is 0 Å². The third-order valence-electron chi connectivity index (χ3n) is 3.19. The first-order chi connectivity index (χ1) is 5.59. The predicted octanol–water partition coefficient (Wildman–Crippen LogP) is 1.49. The summed E-state index contributed by atoms with van der Waals surface area (Å²) >= 11 is 0. The van der Waals surface area contributed by atoms with Gasteiger partial charge in [-0.25, -0.2) is 0 Å². The van der Waals surface area contributed by atoms with Gasteiger partial charge in [0.25, 0.3) is 0 Å². The molecular weight excluding hydrogens is 152 g/mol. The summed E-state index contributed by atoms with van der Waals surface area (Å²) in [6.07, 6.45) is 4.49. The molecule has 1 aliphatic carbocycles. The van der Waals surface area contributed by atoms with Crippen molar-refractivity contribution in [1.29, 1.82) is 0 Å². The van der Waals surface area contributed by atoms with Crippen molar-refractivity contribution in [2.24, 2.45) is 5.92 Å². The van der Waals surface area contributed by atoms with E-state index in [0.717, 1.165) is 12.8 Å². The number of hydrogen-bond acceptors (Lipinski definition) is 2. The Morgan fingerprint density at radius 2 is 2.42 bits per heavy atom. The predicted molar refractivity (Wildman–Crippen MR) is 46.8 cm³/mol. The molecule has 0 aromatic heterocycles. The Labute approximate surface area is 73.2 Å². The van der Waals surface area contributed by atoms with Crippen molar-refractivity contribution in [2.75, 3.05) is 6.61 Å². The van der Waals surface area contributed by atoms with Crippen LogP contribution in [0.25, 0.3) is 0 Å². The molecule has 1 saturated heterocycles. The largest absolute Gasteiger partial charge is 0.387 e. The number of aliphatic hydroxyl groups is 1. The molecule has 2 aliphatic rings. The first-order valence-electron chi connectivity index (χ1n) is 4.60. The van der Waals surface area contributed by atoms with Gasteiger partial charge in [-0.15, -0.1) is 0 Å². The van der Waals surface area contributed by atoms with Crippen molar-refractivity contribution in [1.82, 2.24) is 0 Å². The highest BCUT2D eigenvalue weighted by atomic mass is 16.5. The van der Waals surface area contributed by atoms with Crippen LogP contribution in [0.1, 0.15) is 26.7 Å². The van der Waals surface area contributed by atoms with Gasteiger partial charge in [0, 0.05) is 0 Å². The van der Waals surface area contributed by atoms with E-state index < -0.39 is 5.60 Å². The van der Waals surface area contributed by atoms with Crippen LogP contribution in [0.15, 0.2) is 11.6 Å². The van der Waals surface area contributed by atoms with Crippen molar-refractivity contribution in [3.63, 3.8) is 0 Å². The van der Waals surface area contributed by atoms with Crippen LogP contribution in [0.5, 0.6) is 0 Å². The van der Waals surface area contributed by atoms with Crippen LogP contribution in [0.4, 0.5) is 0 Å². The van der Waals surface area contributed by atoms with E-state index in [2.05, 4.69) is 13.0 Å². The molecule has 1 heterocycles. The summed E-state index contributed by atoms with van der Waals surface area (Å²) in [7, 11) is 0. The maximum Gasteiger partial charge on any atom is 0.0884 e. The van der Waals surface area contributed by atoms with Crippen molar-refractivity contribution in [3.05, 3.63) is 11.6 Å². The minimum Gasteiger partial charge on any atom is -0.387 e. The summed E-state index contributed by atoms with van der Waals surface area (Å²) in [6.45, 7) is 4.48. The van der Waals surface area contributed by atoms with E-state index in [1.165, 1.54) is 5.57 Å². The Bertz CT molecular complexity index is 218. The van der Waals surface area contributed by atoms with Crippen LogP contribution in [0.2, 0.25) is 0 Å². The second-order valence-electron chi connectivity index (χ2n) is 4.27. The quantitative estimate of drug-likeness (QED) is 0.555. The van der Waals surface area contributed by atoms with Gasteiger partial charge >= 0.3 is 0 Å². The number of allylic oxidation sites excluding steroid dienone is 1. The lowest BCUT2D eigenvalue weighted by molar-refractivity contribution is -0.139. The molecule has 68 valence electrons. The van der Waals surface area contributed by atoms with Crippen LogP contribution in [-0.4, -0.2) is 23.4 Å². The first-order valence-corrected chi connectivity index (χ1v) is 4.60. The molecule has 1 aliphatic heterocycles. The first kappa shape index (κ1) is 8.27. The van der Waals surface area contributed by atoms with Crippen molar-refractivity contribution in [3.8, 4) is 0 Å². The fourth-order valence-corrected chi connectivity index (χ4v) is 2.09. The van der Waals surface area contributed by atoms with Crippen LogP contribution in [-0.2, 0) is 4.74 Å². The molecule has 0 unspecified atom stereocenters. The van der Waals surface area contributed by atoms with Crippen molar-refractivity contribution in [2.45, 2.75) is 38.4 Å². The molecule has 0 radical (unpaired) electrons. The van der Waals surface area contributed by atoms with E-state index in [-0.39, 0.29) is 6.10 Å².